The number of nitrogens with one attached hydrogen (secondary N) is 2. The predicted octanol–water partition coefficient (Wildman–Crippen LogP) is 3.61. The van der Waals surface area contributed by atoms with Crippen LogP contribution in [0.15, 0.2) is 58.4 Å². The maximum absolute atomic E-state index is 13.0. The maximum Gasteiger partial charge on any atom is 0.263 e. The highest BCUT2D eigenvalue weighted by Gasteiger charge is 2.31. The lowest BCUT2D eigenvalue weighted by Crippen LogP contribution is -2.30. The summed E-state index contributed by atoms with van der Waals surface area (Å²) in [6.07, 6.45) is 3.18. The normalized spacial score (nSPS) is 15.9. The summed E-state index contributed by atoms with van der Waals surface area (Å²) in [6.45, 7) is 2.43. The molecule has 0 saturated carbocycles. The van der Waals surface area contributed by atoms with Crippen LogP contribution >= 0.6 is 0 Å². The maximum atomic E-state index is 13.0. The minimum absolute atomic E-state index is 0.162. The summed E-state index contributed by atoms with van der Waals surface area (Å²) >= 11 is 0. The number of sulfonamides is 1. The molecule has 1 amide bonds. The number of anilines is 1. The van der Waals surface area contributed by atoms with Crippen LogP contribution in [-0.2, 0) is 14.8 Å². The number of hydrogen-bond donors (Lipinski definition) is 2. The van der Waals surface area contributed by atoms with E-state index in [2.05, 4.69) is 21.1 Å². The molecule has 2 aromatic carbocycles. The molecule has 0 spiro atoms. The van der Waals surface area contributed by atoms with E-state index in [0.29, 0.717) is 42.9 Å². The summed E-state index contributed by atoms with van der Waals surface area (Å²) in [7, 11) is -3.67. The molecule has 0 saturated heterocycles. The summed E-state index contributed by atoms with van der Waals surface area (Å²) in [6, 6.07) is 14.9. The topological polar surface area (TPSA) is 121 Å². The molecular weight excluding hydrogens is 428 g/mol. The van der Waals surface area contributed by atoms with E-state index >= 15 is 0 Å². The van der Waals surface area contributed by atoms with Gasteiger partial charge in [0.15, 0.2) is 0 Å². The van der Waals surface area contributed by atoms with Crippen molar-refractivity contribution in [2.45, 2.75) is 50.0 Å². The van der Waals surface area contributed by atoms with E-state index in [0.717, 1.165) is 12.8 Å². The van der Waals surface area contributed by atoms with Crippen LogP contribution in [0.1, 0.15) is 44.6 Å². The van der Waals surface area contributed by atoms with Gasteiger partial charge in [-0.05, 0) is 37.1 Å². The molecule has 2 N–H and O–H groups in total. The quantitative estimate of drug-likeness (QED) is 0.531. The van der Waals surface area contributed by atoms with Gasteiger partial charge in [-0.3, -0.25) is 14.5 Å². The van der Waals surface area contributed by atoms with Crippen molar-refractivity contribution in [3.63, 3.8) is 0 Å². The minimum atomic E-state index is -3.67. The second-order valence-corrected chi connectivity index (χ2v) is 9.02. The van der Waals surface area contributed by atoms with Crippen LogP contribution in [0.3, 0.4) is 0 Å². The van der Waals surface area contributed by atoms with Gasteiger partial charge in [0.25, 0.3) is 10.0 Å². The molecule has 2 aromatic rings. The molecule has 0 aromatic heterocycles. The monoisotopic (exact) mass is 454 g/mol. The molecule has 0 aliphatic carbocycles. The van der Waals surface area contributed by atoms with E-state index in [9.17, 15) is 13.2 Å². The lowest BCUT2D eigenvalue weighted by molar-refractivity contribution is -0.117. The number of nitrogens with zero attached hydrogens (tertiary/aromatic N) is 2. The molecule has 3 rings (SSSR count). The van der Waals surface area contributed by atoms with Crippen LogP contribution in [0.5, 0.6) is 5.75 Å². The van der Waals surface area contributed by atoms with E-state index in [4.69, 9.17) is 10.00 Å². The summed E-state index contributed by atoms with van der Waals surface area (Å²) in [5, 5.41) is 11.5. The average molecular weight is 455 g/mol. The fourth-order valence-corrected chi connectivity index (χ4v) is 4.51. The standard InChI is InChI=1S/C23H26N4O4S/c1-2-3-12-20(26-22-19-11-4-5-13-21(19)32(29,30)27-22)23(28)25-17-9-8-10-18(16-17)31-15-7-6-14-24/h4-5,8-11,13,16,20H,2-3,6-7,12,15H2,1H3,(H,25,28)(H,26,27). The zero-order chi connectivity index (χ0) is 23.0. The van der Waals surface area contributed by atoms with Gasteiger partial charge in [-0.15, -0.1) is 0 Å². The number of amides is 1. The molecule has 0 bridgehead atoms. The lowest BCUT2D eigenvalue weighted by atomic mass is 10.1. The third-order valence-electron chi connectivity index (χ3n) is 4.88. The highest BCUT2D eigenvalue weighted by molar-refractivity contribution is 7.90. The van der Waals surface area contributed by atoms with Crippen molar-refractivity contribution < 1.29 is 17.9 Å². The number of fused-ring (bicyclic) bond motifs is 1. The molecule has 1 aliphatic rings. The zero-order valence-corrected chi connectivity index (χ0v) is 18.7. The first-order chi connectivity index (χ1) is 15.4. The van der Waals surface area contributed by atoms with E-state index in [-0.39, 0.29) is 16.6 Å². The van der Waals surface area contributed by atoms with Crippen molar-refractivity contribution in [2.75, 3.05) is 11.9 Å². The molecule has 0 radical (unpaired) electrons. The van der Waals surface area contributed by atoms with Crippen molar-refractivity contribution in [1.82, 2.24) is 4.72 Å². The first-order valence-corrected chi connectivity index (χ1v) is 12.0. The molecule has 32 heavy (non-hydrogen) atoms. The van der Waals surface area contributed by atoms with Gasteiger partial charge in [0.2, 0.25) is 5.91 Å². The number of rotatable bonds is 10. The summed E-state index contributed by atoms with van der Waals surface area (Å²) in [5.74, 6) is 0.456. The second kappa shape index (κ2) is 10.8. The Morgan fingerprint density at radius 1 is 1.22 bits per heavy atom. The van der Waals surface area contributed by atoms with Gasteiger partial charge in [0.05, 0.1) is 17.6 Å². The summed E-state index contributed by atoms with van der Waals surface area (Å²) in [4.78, 5) is 17.7. The van der Waals surface area contributed by atoms with Gasteiger partial charge >= 0.3 is 0 Å². The number of ether oxygens (including phenoxy) is 1. The molecular formula is C23H26N4O4S. The minimum Gasteiger partial charge on any atom is -0.493 e. The Bertz CT molecular complexity index is 1140. The number of hydrogen-bond acceptors (Lipinski definition) is 6. The van der Waals surface area contributed by atoms with Crippen molar-refractivity contribution in [1.29, 1.82) is 5.26 Å². The zero-order valence-electron chi connectivity index (χ0n) is 17.9. The Kier molecular flexibility index (Phi) is 7.84. The number of benzene rings is 2. The summed E-state index contributed by atoms with van der Waals surface area (Å²) in [5.41, 5.74) is 1.02. The number of carbonyl (C=O) groups is 1. The molecule has 9 heteroatoms. The van der Waals surface area contributed by atoms with Crippen molar-refractivity contribution in [2.24, 2.45) is 4.99 Å². The van der Waals surface area contributed by atoms with Gasteiger partial charge in [-0.25, -0.2) is 8.42 Å². The van der Waals surface area contributed by atoms with E-state index in [1.54, 1.807) is 42.5 Å². The molecule has 1 aliphatic heterocycles. The number of nitriles is 1. The van der Waals surface area contributed by atoms with Gasteiger partial charge in [0.1, 0.15) is 17.6 Å². The Morgan fingerprint density at radius 2 is 2.03 bits per heavy atom. The highest BCUT2D eigenvalue weighted by atomic mass is 32.2. The Balaban J connectivity index is 1.77. The highest BCUT2D eigenvalue weighted by Crippen LogP contribution is 2.24. The number of aliphatic imine (C=N–C) groups is 1. The number of amidine groups is 1. The largest absolute Gasteiger partial charge is 0.493 e. The Hall–Kier alpha value is -3.38. The van der Waals surface area contributed by atoms with E-state index < -0.39 is 16.1 Å². The van der Waals surface area contributed by atoms with Crippen molar-refractivity contribution >= 4 is 27.5 Å². The van der Waals surface area contributed by atoms with Crippen LogP contribution < -0.4 is 14.8 Å². The molecule has 168 valence electrons. The smallest absolute Gasteiger partial charge is 0.263 e. The van der Waals surface area contributed by atoms with Crippen LogP contribution in [-0.4, -0.2) is 32.8 Å². The van der Waals surface area contributed by atoms with Crippen LogP contribution in [0.25, 0.3) is 0 Å². The SMILES string of the molecule is CCCCC(N=C1NS(=O)(=O)c2ccccc21)C(=O)Nc1cccc(OCCCC#N)c1. The van der Waals surface area contributed by atoms with Gasteiger partial charge in [0, 0.05) is 23.7 Å². The number of carbonyl (C=O) groups excluding carboxylic acids is 1. The van der Waals surface area contributed by atoms with Gasteiger partial charge < -0.3 is 10.1 Å². The van der Waals surface area contributed by atoms with Crippen LogP contribution in [0.2, 0.25) is 0 Å². The molecule has 1 unspecified atom stereocenters. The lowest BCUT2D eigenvalue weighted by Gasteiger charge is -2.15. The van der Waals surface area contributed by atoms with Gasteiger partial charge in [-0.2, -0.15) is 5.26 Å². The Morgan fingerprint density at radius 3 is 2.81 bits per heavy atom. The molecule has 8 nitrogen and oxygen atoms in total. The van der Waals surface area contributed by atoms with Crippen molar-refractivity contribution in [3.8, 4) is 11.8 Å². The molecule has 0 fully saturated rings. The van der Waals surface area contributed by atoms with E-state index in [1.807, 2.05) is 6.92 Å². The third kappa shape index (κ3) is 5.86. The van der Waals surface area contributed by atoms with Crippen molar-refractivity contribution in [3.05, 3.63) is 54.1 Å². The molecule has 1 heterocycles. The Labute approximate surface area is 188 Å². The first-order valence-electron chi connectivity index (χ1n) is 10.6. The van der Waals surface area contributed by atoms with E-state index in [1.165, 1.54) is 6.07 Å². The van der Waals surface area contributed by atoms with Crippen LogP contribution in [0.4, 0.5) is 5.69 Å². The summed E-state index contributed by atoms with van der Waals surface area (Å²) < 4.78 is 32.8. The average Bonchev–Trinajstić information content (AvgIpc) is 3.04. The second-order valence-electron chi connectivity index (χ2n) is 7.36. The predicted molar refractivity (Wildman–Crippen MR) is 122 cm³/mol. The number of unbranched alkanes of at least 4 members (excludes halogenated alkanes) is 2. The first kappa shape index (κ1) is 23.3. The fourth-order valence-electron chi connectivity index (χ4n) is 3.27. The fraction of sp³-hybridized carbons (Fsp3) is 0.348. The van der Waals surface area contributed by atoms with Gasteiger partial charge in [-0.1, -0.05) is 38.0 Å². The van der Waals surface area contributed by atoms with Crippen LogP contribution in [0, 0.1) is 11.3 Å². The molecule has 1 atom stereocenters. The third-order valence-corrected chi connectivity index (χ3v) is 6.28.